The van der Waals surface area contributed by atoms with Gasteiger partial charge < -0.3 is 4.74 Å². The Hall–Kier alpha value is -2.96. The van der Waals surface area contributed by atoms with E-state index >= 15 is 0 Å². The zero-order valence-electron chi connectivity index (χ0n) is 16.7. The summed E-state index contributed by atoms with van der Waals surface area (Å²) in [6.45, 7) is 2.42. The van der Waals surface area contributed by atoms with Crippen molar-refractivity contribution in [2.24, 2.45) is 0 Å². The average molecular weight is 422 g/mol. The third-order valence-corrected chi connectivity index (χ3v) is 7.09. The molecule has 0 atom stereocenters. The second kappa shape index (κ2) is 8.42. The fraction of sp³-hybridized carbons (Fsp3) is 0.208. The lowest BCUT2D eigenvalue weighted by Crippen LogP contribution is -2.35. The van der Waals surface area contributed by atoms with Gasteiger partial charge in [-0.2, -0.15) is 4.31 Å². The van der Waals surface area contributed by atoms with Gasteiger partial charge in [-0.3, -0.25) is 4.79 Å². The first-order chi connectivity index (χ1) is 14.4. The Morgan fingerprint density at radius 3 is 2.43 bits per heavy atom. The lowest BCUT2D eigenvalue weighted by Gasteiger charge is -2.19. The van der Waals surface area contributed by atoms with E-state index in [1.807, 2.05) is 43.3 Å². The fourth-order valence-corrected chi connectivity index (χ4v) is 4.91. The first-order valence-electron chi connectivity index (χ1n) is 9.83. The molecule has 4 rings (SSSR count). The fourth-order valence-electron chi connectivity index (χ4n) is 3.51. The molecule has 0 saturated heterocycles. The van der Waals surface area contributed by atoms with Crippen molar-refractivity contribution in [1.29, 1.82) is 0 Å². The number of aryl methyl sites for hydroxylation is 1. The van der Waals surface area contributed by atoms with Crippen LogP contribution >= 0.6 is 0 Å². The quantitative estimate of drug-likeness (QED) is 0.625. The molecule has 3 aromatic carbocycles. The van der Waals surface area contributed by atoms with Crippen molar-refractivity contribution in [1.82, 2.24) is 4.31 Å². The van der Waals surface area contributed by atoms with E-state index in [1.54, 1.807) is 36.4 Å². The van der Waals surface area contributed by atoms with E-state index in [-0.39, 0.29) is 23.8 Å². The molecule has 3 aromatic rings. The van der Waals surface area contributed by atoms with Gasteiger partial charge in [-0.25, -0.2) is 8.42 Å². The highest BCUT2D eigenvalue weighted by molar-refractivity contribution is 7.89. The van der Waals surface area contributed by atoms with E-state index < -0.39 is 10.0 Å². The lowest BCUT2D eigenvalue weighted by molar-refractivity contribution is 0.0971. The van der Waals surface area contributed by atoms with E-state index in [4.69, 9.17) is 4.74 Å². The molecular weight excluding hydrogens is 398 g/mol. The van der Waals surface area contributed by atoms with Gasteiger partial charge in [0.05, 0.1) is 11.4 Å². The minimum absolute atomic E-state index is 0.159. The van der Waals surface area contributed by atoms with Crippen LogP contribution in [0, 0.1) is 6.92 Å². The van der Waals surface area contributed by atoms with Crippen LogP contribution in [0.5, 0.6) is 5.75 Å². The highest BCUT2D eigenvalue weighted by atomic mass is 32.2. The van der Waals surface area contributed by atoms with Crippen molar-refractivity contribution >= 4 is 15.8 Å². The van der Waals surface area contributed by atoms with Gasteiger partial charge in [0.2, 0.25) is 10.0 Å². The Kier molecular flexibility index (Phi) is 5.70. The molecule has 1 heterocycles. The number of rotatable bonds is 5. The second-order valence-corrected chi connectivity index (χ2v) is 9.36. The molecule has 0 radical (unpaired) electrons. The monoisotopic (exact) mass is 421 g/mol. The van der Waals surface area contributed by atoms with Crippen molar-refractivity contribution in [3.8, 4) is 5.75 Å². The number of sulfonamides is 1. The van der Waals surface area contributed by atoms with Crippen LogP contribution < -0.4 is 4.74 Å². The number of carbonyl (C=O) groups excluding carboxylic acids is 1. The number of nitrogens with zero attached hydrogens (tertiary/aromatic N) is 1. The molecule has 1 aliphatic rings. The minimum Gasteiger partial charge on any atom is -0.489 e. The number of ether oxygens (including phenoxy) is 1. The Labute approximate surface area is 177 Å². The van der Waals surface area contributed by atoms with Crippen LogP contribution in [0.2, 0.25) is 0 Å². The summed E-state index contributed by atoms with van der Waals surface area (Å²) in [7, 11) is -3.73. The third kappa shape index (κ3) is 4.30. The van der Waals surface area contributed by atoms with Crippen molar-refractivity contribution < 1.29 is 17.9 Å². The number of ketones is 1. The number of Topliss-reactive ketones (excluding diaryl/α,β-unsaturated/α-hetero) is 1. The van der Waals surface area contributed by atoms with Crippen LogP contribution in [0.1, 0.15) is 27.0 Å². The van der Waals surface area contributed by atoms with E-state index in [0.717, 1.165) is 16.7 Å². The number of fused-ring (bicyclic) bond motifs is 1. The first-order valence-corrected chi connectivity index (χ1v) is 11.3. The van der Waals surface area contributed by atoms with E-state index in [9.17, 15) is 13.2 Å². The van der Waals surface area contributed by atoms with Crippen LogP contribution in [-0.4, -0.2) is 31.6 Å². The van der Waals surface area contributed by atoms with Crippen LogP contribution in [0.15, 0.2) is 77.7 Å². The summed E-state index contributed by atoms with van der Waals surface area (Å²) in [5, 5.41) is 0. The lowest BCUT2D eigenvalue weighted by atomic mass is 10.0. The molecule has 0 N–H and O–H groups in total. The van der Waals surface area contributed by atoms with Gasteiger partial charge in [0, 0.05) is 12.1 Å². The number of carbonyl (C=O) groups is 1. The maximum atomic E-state index is 13.0. The molecule has 30 heavy (non-hydrogen) atoms. The first kappa shape index (κ1) is 20.3. The van der Waals surface area contributed by atoms with Crippen molar-refractivity contribution in [3.63, 3.8) is 0 Å². The SMILES string of the molecule is Cc1ccc(S(=O)(=O)N2CCc3cc(OCc4ccccc4)ccc3C(=O)C2)cc1. The molecule has 6 heteroatoms. The summed E-state index contributed by atoms with van der Waals surface area (Å²) in [6.07, 6.45) is 0.453. The molecule has 0 aromatic heterocycles. The van der Waals surface area contributed by atoms with Crippen molar-refractivity contribution in [2.45, 2.75) is 24.8 Å². The maximum Gasteiger partial charge on any atom is 0.243 e. The average Bonchev–Trinajstić information content (AvgIpc) is 2.92. The smallest absolute Gasteiger partial charge is 0.243 e. The van der Waals surface area contributed by atoms with E-state index in [0.29, 0.717) is 24.3 Å². The molecule has 0 unspecified atom stereocenters. The summed E-state index contributed by atoms with van der Waals surface area (Å²) in [4.78, 5) is 13.0. The largest absolute Gasteiger partial charge is 0.489 e. The molecule has 1 aliphatic heterocycles. The normalized spacial score (nSPS) is 14.8. The van der Waals surface area contributed by atoms with Crippen molar-refractivity contribution in [3.05, 3.63) is 95.1 Å². The molecule has 154 valence electrons. The number of hydrogen-bond donors (Lipinski definition) is 0. The Balaban J connectivity index is 1.52. The molecule has 0 spiro atoms. The van der Waals surface area contributed by atoms with Crippen LogP contribution in [0.25, 0.3) is 0 Å². The predicted octanol–water partition coefficient (Wildman–Crippen LogP) is 4.00. The van der Waals surface area contributed by atoms with Crippen LogP contribution in [0.3, 0.4) is 0 Å². The zero-order valence-corrected chi connectivity index (χ0v) is 17.6. The summed E-state index contributed by atoms with van der Waals surface area (Å²) in [5.41, 5.74) is 3.41. The minimum atomic E-state index is -3.73. The van der Waals surface area contributed by atoms with Crippen molar-refractivity contribution in [2.75, 3.05) is 13.1 Å². The molecular formula is C24H23NO4S. The van der Waals surface area contributed by atoms with E-state index in [2.05, 4.69) is 0 Å². The Morgan fingerprint density at radius 2 is 1.70 bits per heavy atom. The highest BCUT2D eigenvalue weighted by Crippen LogP contribution is 2.25. The molecule has 0 saturated carbocycles. The molecule has 0 aliphatic carbocycles. The van der Waals surface area contributed by atoms with Gasteiger partial charge in [0.1, 0.15) is 12.4 Å². The zero-order chi connectivity index (χ0) is 21.1. The number of hydrogen-bond acceptors (Lipinski definition) is 4. The topological polar surface area (TPSA) is 63.7 Å². The Bertz CT molecular complexity index is 1160. The predicted molar refractivity (Wildman–Crippen MR) is 115 cm³/mol. The highest BCUT2D eigenvalue weighted by Gasteiger charge is 2.30. The van der Waals surface area contributed by atoms with Crippen LogP contribution in [0.4, 0.5) is 0 Å². The maximum absolute atomic E-state index is 13.0. The summed E-state index contributed by atoms with van der Waals surface area (Å²) < 4.78 is 33.2. The van der Waals surface area contributed by atoms with Gasteiger partial charge in [0.15, 0.2) is 5.78 Å². The summed E-state index contributed by atoms with van der Waals surface area (Å²) in [6, 6.07) is 21.9. The van der Waals surface area contributed by atoms with E-state index in [1.165, 1.54) is 4.31 Å². The molecule has 0 fully saturated rings. The van der Waals surface area contributed by atoms with Crippen LogP contribution in [-0.2, 0) is 23.1 Å². The van der Waals surface area contributed by atoms with Gasteiger partial charge in [-0.1, -0.05) is 48.0 Å². The van der Waals surface area contributed by atoms with Gasteiger partial charge >= 0.3 is 0 Å². The Morgan fingerprint density at radius 1 is 0.967 bits per heavy atom. The number of benzene rings is 3. The molecule has 0 amide bonds. The molecule has 5 nitrogen and oxygen atoms in total. The third-order valence-electron chi connectivity index (χ3n) is 5.23. The molecule has 0 bridgehead atoms. The van der Waals surface area contributed by atoms with Gasteiger partial charge in [0.25, 0.3) is 0 Å². The summed E-state index contributed by atoms with van der Waals surface area (Å²) in [5.74, 6) is 0.466. The second-order valence-electron chi connectivity index (χ2n) is 7.42. The standard InChI is InChI=1S/C24H23NO4S/c1-18-7-10-22(11-8-18)30(27,28)25-14-13-20-15-21(9-12-23(20)24(26)16-25)29-17-19-5-3-2-4-6-19/h2-12,15H,13-14,16-17H2,1H3. The van der Waals surface area contributed by atoms with Gasteiger partial charge in [-0.05, 0) is 54.8 Å². The summed E-state index contributed by atoms with van der Waals surface area (Å²) >= 11 is 0. The van der Waals surface area contributed by atoms with Gasteiger partial charge in [-0.15, -0.1) is 0 Å².